The van der Waals surface area contributed by atoms with Crippen molar-refractivity contribution in [3.63, 3.8) is 0 Å². The molecule has 2 nitrogen and oxygen atoms in total. The summed E-state index contributed by atoms with van der Waals surface area (Å²) < 4.78 is 0. The van der Waals surface area contributed by atoms with Gasteiger partial charge in [-0.2, -0.15) is 11.8 Å². The summed E-state index contributed by atoms with van der Waals surface area (Å²) in [5, 5.41) is 7.59. The van der Waals surface area contributed by atoms with Crippen molar-refractivity contribution >= 4 is 29.1 Å². The van der Waals surface area contributed by atoms with Gasteiger partial charge in [0.25, 0.3) is 0 Å². The summed E-state index contributed by atoms with van der Waals surface area (Å²) in [4.78, 5) is 0. The Hall–Kier alpha value is 0.0400. The number of nitrogens with one attached hydrogen (secondary N) is 2. The van der Waals surface area contributed by atoms with E-state index in [-0.39, 0.29) is 0 Å². The van der Waals surface area contributed by atoms with Gasteiger partial charge in [-0.15, -0.1) is 0 Å². The van der Waals surface area contributed by atoms with Crippen LogP contribution in [-0.4, -0.2) is 29.2 Å². The first-order valence-electron chi connectivity index (χ1n) is 5.78. The maximum absolute atomic E-state index is 5.29. The fourth-order valence-corrected chi connectivity index (χ4v) is 2.84. The first-order chi connectivity index (χ1) is 7.22. The van der Waals surface area contributed by atoms with E-state index in [0.29, 0.717) is 12.1 Å². The van der Waals surface area contributed by atoms with E-state index in [9.17, 15) is 0 Å². The topological polar surface area (TPSA) is 24.1 Å². The van der Waals surface area contributed by atoms with E-state index in [1.807, 2.05) is 11.8 Å². The van der Waals surface area contributed by atoms with Crippen molar-refractivity contribution < 1.29 is 0 Å². The van der Waals surface area contributed by atoms with Crippen LogP contribution in [0.5, 0.6) is 0 Å². The van der Waals surface area contributed by atoms with Crippen molar-refractivity contribution in [3.8, 4) is 0 Å². The Morgan fingerprint density at radius 2 is 2.13 bits per heavy atom. The maximum Gasteiger partial charge on any atom is 0.166 e. The number of hydrogen-bond donors (Lipinski definition) is 2. The molecule has 0 aromatic heterocycles. The predicted octanol–water partition coefficient (Wildman–Crippen LogP) is 2.53. The minimum atomic E-state index is 0.485. The van der Waals surface area contributed by atoms with Gasteiger partial charge < -0.3 is 10.6 Å². The number of thioether (sulfide) groups is 1. The van der Waals surface area contributed by atoms with Gasteiger partial charge >= 0.3 is 0 Å². The summed E-state index contributed by atoms with van der Waals surface area (Å²) in [6, 6.07) is 1.11. The Labute approximate surface area is 103 Å². The average molecular weight is 246 g/mol. The Bertz CT molecular complexity index is 191. The zero-order valence-corrected chi connectivity index (χ0v) is 11.3. The van der Waals surface area contributed by atoms with Gasteiger partial charge in [-0.3, -0.25) is 0 Å². The average Bonchev–Trinajstić information content (AvgIpc) is 2.67. The second kappa shape index (κ2) is 7.34. The molecule has 0 aromatic carbocycles. The van der Waals surface area contributed by atoms with Crippen LogP contribution in [0.25, 0.3) is 0 Å². The van der Waals surface area contributed by atoms with E-state index in [2.05, 4.69) is 23.8 Å². The molecule has 0 saturated heterocycles. The first-order valence-corrected chi connectivity index (χ1v) is 7.58. The van der Waals surface area contributed by atoms with Crippen LogP contribution in [0.15, 0.2) is 0 Å². The molecule has 0 aliphatic heterocycles. The zero-order valence-electron chi connectivity index (χ0n) is 9.71. The van der Waals surface area contributed by atoms with Crippen LogP contribution in [0, 0.1) is 0 Å². The number of hydrogen-bond acceptors (Lipinski definition) is 2. The largest absolute Gasteiger partial charge is 0.360 e. The molecular weight excluding hydrogens is 224 g/mol. The van der Waals surface area contributed by atoms with Crippen molar-refractivity contribution in [2.45, 2.75) is 51.1 Å². The maximum atomic E-state index is 5.29. The molecule has 0 spiro atoms. The Morgan fingerprint density at radius 3 is 2.73 bits per heavy atom. The van der Waals surface area contributed by atoms with Crippen LogP contribution in [0.3, 0.4) is 0 Å². The molecule has 1 aliphatic rings. The highest BCUT2D eigenvalue weighted by Crippen LogP contribution is 2.17. The molecule has 0 amide bonds. The quantitative estimate of drug-likeness (QED) is 0.728. The number of rotatable bonds is 5. The highest BCUT2D eigenvalue weighted by atomic mass is 32.2. The minimum absolute atomic E-state index is 0.485. The van der Waals surface area contributed by atoms with Crippen LogP contribution in [0.4, 0.5) is 0 Å². The van der Waals surface area contributed by atoms with Gasteiger partial charge in [0.2, 0.25) is 0 Å². The SMILES string of the molecule is CSCCC(C)NC(=S)NC1CCCC1. The molecule has 15 heavy (non-hydrogen) atoms. The van der Waals surface area contributed by atoms with Gasteiger partial charge in [-0.1, -0.05) is 12.8 Å². The molecule has 1 unspecified atom stereocenters. The standard InChI is InChI=1S/C11H22N2S2/c1-9(7-8-15-2)12-11(14)13-10-5-3-4-6-10/h9-10H,3-8H2,1-2H3,(H2,12,13,14). The smallest absolute Gasteiger partial charge is 0.166 e. The second-order valence-corrected chi connectivity index (χ2v) is 5.68. The van der Waals surface area contributed by atoms with E-state index >= 15 is 0 Å². The Kier molecular flexibility index (Phi) is 6.41. The summed E-state index contributed by atoms with van der Waals surface area (Å²) in [7, 11) is 0. The van der Waals surface area contributed by atoms with E-state index in [1.54, 1.807) is 0 Å². The van der Waals surface area contributed by atoms with Crippen LogP contribution < -0.4 is 10.6 Å². The van der Waals surface area contributed by atoms with E-state index < -0.39 is 0 Å². The highest BCUT2D eigenvalue weighted by molar-refractivity contribution is 7.98. The third-order valence-electron chi connectivity index (χ3n) is 2.82. The fraction of sp³-hybridized carbons (Fsp3) is 0.909. The zero-order chi connectivity index (χ0) is 11.1. The lowest BCUT2D eigenvalue weighted by Gasteiger charge is -2.19. The molecule has 4 heteroatoms. The molecule has 0 radical (unpaired) electrons. The molecule has 88 valence electrons. The Morgan fingerprint density at radius 1 is 1.47 bits per heavy atom. The fourth-order valence-electron chi connectivity index (χ4n) is 1.89. The molecule has 1 fully saturated rings. The van der Waals surface area contributed by atoms with Crippen molar-refractivity contribution in [2.75, 3.05) is 12.0 Å². The minimum Gasteiger partial charge on any atom is -0.360 e. The molecule has 0 heterocycles. The van der Waals surface area contributed by atoms with Crippen molar-refractivity contribution in [1.82, 2.24) is 10.6 Å². The van der Waals surface area contributed by atoms with Crippen LogP contribution in [-0.2, 0) is 0 Å². The van der Waals surface area contributed by atoms with Crippen LogP contribution >= 0.6 is 24.0 Å². The molecule has 1 saturated carbocycles. The van der Waals surface area contributed by atoms with E-state index in [4.69, 9.17) is 12.2 Å². The number of thiocarbonyl (C=S) groups is 1. The van der Waals surface area contributed by atoms with Gasteiger partial charge in [0.1, 0.15) is 0 Å². The summed E-state index contributed by atoms with van der Waals surface area (Å²) in [5.74, 6) is 1.19. The van der Waals surface area contributed by atoms with Gasteiger partial charge in [-0.05, 0) is 50.4 Å². The first kappa shape index (κ1) is 13.1. The van der Waals surface area contributed by atoms with Gasteiger partial charge in [-0.25, -0.2) is 0 Å². The molecule has 0 aromatic rings. The summed E-state index contributed by atoms with van der Waals surface area (Å²) >= 11 is 7.17. The predicted molar refractivity (Wildman–Crippen MR) is 73.6 cm³/mol. The van der Waals surface area contributed by atoms with E-state index in [1.165, 1.54) is 37.9 Å². The normalized spacial score (nSPS) is 18.8. The molecule has 2 N–H and O–H groups in total. The monoisotopic (exact) mass is 246 g/mol. The van der Waals surface area contributed by atoms with Crippen molar-refractivity contribution in [3.05, 3.63) is 0 Å². The molecule has 0 bridgehead atoms. The Balaban J connectivity index is 2.11. The van der Waals surface area contributed by atoms with Gasteiger partial charge in [0.15, 0.2) is 5.11 Å². The van der Waals surface area contributed by atoms with Crippen LogP contribution in [0.2, 0.25) is 0 Å². The molecular formula is C11H22N2S2. The third-order valence-corrected chi connectivity index (χ3v) is 3.70. The lowest BCUT2D eigenvalue weighted by molar-refractivity contribution is 0.590. The van der Waals surface area contributed by atoms with Crippen molar-refractivity contribution in [1.29, 1.82) is 0 Å². The summed E-state index contributed by atoms with van der Waals surface area (Å²) in [6.07, 6.45) is 8.57. The van der Waals surface area contributed by atoms with Crippen LogP contribution in [0.1, 0.15) is 39.0 Å². The van der Waals surface area contributed by atoms with E-state index in [0.717, 1.165) is 5.11 Å². The summed E-state index contributed by atoms with van der Waals surface area (Å²) in [5.41, 5.74) is 0. The highest BCUT2D eigenvalue weighted by Gasteiger charge is 2.15. The lowest BCUT2D eigenvalue weighted by atomic mass is 10.2. The molecule has 1 rings (SSSR count). The van der Waals surface area contributed by atoms with Gasteiger partial charge in [0, 0.05) is 12.1 Å². The lowest BCUT2D eigenvalue weighted by Crippen LogP contribution is -2.44. The summed E-state index contributed by atoms with van der Waals surface area (Å²) in [6.45, 7) is 2.19. The molecule has 1 aliphatic carbocycles. The molecule has 1 atom stereocenters. The third kappa shape index (κ3) is 5.61. The van der Waals surface area contributed by atoms with Crippen molar-refractivity contribution in [2.24, 2.45) is 0 Å². The van der Waals surface area contributed by atoms with Gasteiger partial charge in [0.05, 0.1) is 0 Å². The second-order valence-electron chi connectivity index (χ2n) is 4.28.